The molecule has 2 aromatic rings. The maximum Gasteiger partial charge on any atom is 0.321 e. The number of benzene rings is 2. The quantitative estimate of drug-likeness (QED) is 0.668. The molecule has 9 heteroatoms. The first-order valence-corrected chi connectivity index (χ1v) is 10.8. The number of carbonyl (C=O) groups is 3. The van der Waals surface area contributed by atoms with Crippen molar-refractivity contribution in [1.29, 1.82) is 0 Å². The summed E-state index contributed by atoms with van der Waals surface area (Å²) in [7, 11) is 1.54. The molecule has 0 aliphatic carbocycles. The molecule has 1 heterocycles. The molecule has 2 N–H and O–H groups in total. The van der Waals surface area contributed by atoms with Gasteiger partial charge in [0.25, 0.3) is 11.8 Å². The Bertz CT molecular complexity index is 965. The van der Waals surface area contributed by atoms with Crippen LogP contribution < -0.4 is 20.1 Å². The van der Waals surface area contributed by atoms with E-state index in [-0.39, 0.29) is 31.1 Å². The minimum Gasteiger partial charge on any atom is -0.484 e. The van der Waals surface area contributed by atoms with Crippen LogP contribution in [0.4, 0.5) is 10.5 Å². The smallest absolute Gasteiger partial charge is 0.321 e. The first-order valence-electron chi connectivity index (χ1n) is 10.8. The Balaban J connectivity index is 1.42. The van der Waals surface area contributed by atoms with Crippen molar-refractivity contribution >= 4 is 23.5 Å². The number of rotatable bonds is 7. The molecular weight excluding hydrogens is 424 g/mol. The van der Waals surface area contributed by atoms with Gasteiger partial charge >= 0.3 is 6.03 Å². The third-order valence-corrected chi connectivity index (χ3v) is 5.23. The SMILES string of the molecule is CNC(=O)COc1ccc(NC(=O)N2CCN(C(=O)COc3cc(C)cc(C)c3)CC2)cc1. The molecule has 1 fully saturated rings. The number of anilines is 1. The van der Waals surface area contributed by atoms with Crippen molar-refractivity contribution in [3.8, 4) is 11.5 Å². The van der Waals surface area contributed by atoms with Gasteiger partial charge in [-0.2, -0.15) is 0 Å². The molecule has 9 nitrogen and oxygen atoms in total. The highest BCUT2D eigenvalue weighted by Crippen LogP contribution is 2.18. The predicted octanol–water partition coefficient (Wildman–Crippen LogP) is 2.18. The van der Waals surface area contributed by atoms with E-state index in [9.17, 15) is 14.4 Å². The third kappa shape index (κ3) is 7.13. The van der Waals surface area contributed by atoms with Crippen molar-refractivity contribution in [1.82, 2.24) is 15.1 Å². The number of urea groups is 1. The van der Waals surface area contributed by atoms with Gasteiger partial charge in [0.1, 0.15) is 11.5 Å². The van der Waals surface area contributed by atoms with Gasteiger partial charge in [0.2, 0.25) is 0 Å². The number of ether oxygens (including phenoxy) is 2. The summed E-state index contributed by atoms with van der Waals surface area (Å²) in [4.78, 5) is 39.7. The summed E-state index contributed by atoms with van der Waals surface area (Å²) in [6.07, 6.45) is 0. The number of hydrogen-bond acceptors (Lipinski definition) is 5. The molecular formula is C24H30N4O5. The lowest BCUT2D eigenvalue weighted by Gasteiger charge is -2.34. The van der Waals surface area contributed by atoms with E-state index in [2.05, 4.69) is 16.7 Å². The Kier molecular flexibility index (Phi) is 8.12. The van der Waals surface area contributed by atoms with E-state index < -0.39 is 0 Å². The first kappa shape index (κ1) is 23.9. The molecule has 1 aliphatic heterocycles. The van der Waals surface area contributed by atoms with Gasteiger partial charge in [0.15, 0.2) is 13.2 Å². The second-order valence-electron chi connectivity index (χ2n) is 7.90. The molecule has 0 unspecified atom stereocenters. The zero-order valence-corrected chi connectivity index (χ0v) is 19.2. The van der Waals surface area contributed by atoms with E-state index >= 15 is 0 Å². The van der Waals surface area contributed by atoms with Crippen molar-refractivity contribution in [2.45, 2.75) is 13.8 Å². The summed E-state index contributed by atoms with van der Waals surface area (Å²) in [6, 6.07) is 12.4. The fourth-order valence-electron chi connectivity index (χ4n) is 3.47. The summed E-state index contributed by atoms with van der Waals surface area (Å²) in [5, 5.41) is 5.32. The average Bonchev–Trinajstić information content (AvgIpc) is 2.81. The van der Waals surface area contributed by atoms with Crippen LogP contribution in [-0.2, 0) is 9.59 Å². The van der Waals surface area contributed by atoms with E-state index in [4.69, 9.17) is 9.47 Å². The van der Waals surface area contributed by atoms with Crippen LogP contribution >= 0.6 is 0 Å². The highest BCUT2D eigenvalue weighted by molar-refractivity contribution is 5.89. The van der Waals surface area contributed by atoms with E-state index in [1.807, 2.05) is 26.0 Å². The Labute approximate surface area is 193 Å². The zero-order chi connectivity index (χ0) is 23.8. The molecule has 33 heavy (non-hydrogen) atoms. The minimum absolute atomic E-state index is 0.0244. The molecule has 0 aromatic heterocycles. The first-order chi connectivity index (χ1) is 15.8. The van der Waals surface area contributed by atoms with Gasteiger partial charge < -0.3 is 29.9 Å². The van der Waals surface area contributed by atoms with Gasteiger partial charge in [0.05, 0.1) is 0 Å². The Morgan fingerprint density at radius 3 is 2.00 bits per heavy atom. The zero-order valence-electron chi connectivity index (χ0n) is 19.2. The normalized spacial score (nSPS) is 13.3. The lowest BCUT2D eigenvalue weighted by molar-refractivity contribution is -0.134. The predicted molar refractivity (Wildman–Crippen MR) is 125 cm³/mol. The topological polar surface area (TPSA) is 100 Å². The second kappa shape index (κ2) is 11.2. The van der Waals surface area contributed by atoms with Crippen molar-refractivity contribution in [2.75, 3.05) is 51.8 Å². The Hall–Kier alpha value is -3.75. The van der Waals surface area contributed by atoms with Crippen LogP contribution in [0.25, 0.3) is 0 Å². The molecule has 1 saturated heterocycles. The van der Waals surface area contributed by atoms with Crippen LogP contribution in [-0.4, -0.2) is 74.1 Å². The van der Waals surface area contributed by atoms with Crippen LogP contribution in [0.15, 0.2) is 42.5 Å². The second-order valence-corrected chi connectivity index (χ2v) is 7.90. The number of likely N-dealkylation sites (N-methyl/N-ethyl adjacent to an activating group) is 1. The average molecular weight is 455 g/mol. The minimum atomic E-state index is -0.229. The number of amides is 4. The highest BCUT2D eigenvalue weighted by Gasteiger charge is 2.24. The lowest BCUT2D eigenvalue weighted by atomic mass is 10.1. The third-order valence-electron chi connectivity index (χ3n) is 5.23. The van der Waals surface area contributed by atoms with Gasteiger partial charge in [-0.25, -0.2) is 4.79 Å². The maximum absolute atomic E-state index is 12.6. The summed E-state index contributed by atoms with van der Waals surface area (Å²) in [6.45, 7) is 5.67. The molecule has 176 valence electrons. The van der Waals surface area contributed by atoms with Gasteiger partial charge in [-0.1, -0.05) is 6.07 Å². The maximum atomic E-state index is 12.6. The Morgan fingerprint density at radius 1 is 0.818 bits per heavy atom. The number of aryl methyl sites for hydroxylation is 2. The fourth-order valence-corrected chi connectivity index (χ4v) is 3.47. The van der Waals surface area contributed by atoms with Crippen LogP contribution in [0, 0.1) is 13.8 Å². The number of nitrogens with one attached hydrogen (secondary N) is 2. The van der Waals surface area contributed by atoms with E-state index in [1.54, 1.807) is 41.1 Å². The highest BCUT2D eigenvalue weighted by atomic mass is 16.5. The molecule has 4 amide bonds. The summed E-state index contributed by atoms with van der Waals surface area (Å²) >= 11 is 0. The standard InChI is InChI=1S/C24H30N4O5/c1-17-12-18(2)14-21(13-17)33-16-23(30)27-8-10-28(11-9-27)24(31)26-19-4-6-20(7-5-19)32-15-22(29)25-3/h4-7,12-14H,8-11,15-16H2,1-3H3,(H,25,29)(H,26,31). The monoisotopic (exact) mass is 454 g/mol. The summed E-state index contributed by atoms with van der Waals surface area (Å²) < 4.78 is 11.0. The summed E-state index contributed by atoms with van der Waals surface area (Å²) in [5.41, 5.74) is 2.79. The number of hydrogen-bond donors (Lipinski definition) is 2. The van der Waals surface area contributed by atoms with Crippen molar-refractivity contribution in [3.05, 3.63) is 53.6 Å². The molecule has 0 bridgehead atoms. The largest absolute Gasteiger partial charge is 0.484 e. The van der Waals surface area contributed by atoms with E-state index in [0.717, 1.165) is 11.1 Å². The van der Waals surface area contributed by atoms with Gasteiger partial charge in [-0.05, 0) is 61.4 Å². The van der Waals surface area contributed by atoms with Gasteiger partial charge in [-0.3, -0.25) is 9.59 Å². The molecule has 0 radical (unpaired) electrons. The van der Waals surface area contributed by atoms with E-state index in [1.165, 1.54) is 0 Å². The number of nitrogens with zero attached hydrogens (tertiary/aromatic N) is 2. The lowest BCUT2D eigenvalue weighted by Crippen LogP contribution is -2.52. The van der Waals surface area contributed by atoms with Gasteiger partial charge in [0, 0.05) is 38.9 Å². The van der Waals surface area contributed by atoms with Crippen LogP contribution in [0.5, 0.6) is 11.5 Å². The van der Waals surface area contributed by atoms with Crippen molar-refractivity contribution < 1.29 is 23.9 Å². The molecule has 1 aliphatic rings. The number of piperazine rings is 1. The molecule has 0 saturated carbocycles. The van der Waals surface area contributed by atoms with Gasteiger partial charge in [-0.15, -0.1) is 0 Å². The molecule has 3 rings (SSSR count). The number of carbonyl (C=O) groups excluding carboxylic acids is 3. The van der Waals surface area contributed by atoms with E-state index in [0.29, 0.717) is 43.4 Å². The molecule has 2 aromatic carbocycles. The summed E-state index contributed by atoms with van der Waals surface area (Å²) in [5.74, 6) is 0.902. The molecule has 0 spiro atoms. The van der Waals surface area contributed by atoms with Crippen molar-refractivity contribution in [3.63, 3.8) is 0 Å². The van der Waals surface area contributed by atoms with Crippen LogP contribution in [0.1, 0.15) is 11.1 Å². The Morgan fingerprint density at radius 2 is 1.39 bits per heavy atom. The fraction of sp³-hybridized carbons (Fsp3) is 0.375. The van der Waals surface area contributed by atoms with Crippen LogP contribution in [0.3, 0.4) is 0 Å². The molecule has 0 atom stereocenters. The van der Waals surface area contributed by atoms with Crippen LogP contribution in [0.2, 0.25) is 0 Å². The van der Waals surface area contributed by atoms with Crippen molar-refractivity contribution in [2.24, 2.45) is 0 Å².